The Hall–Kier alpha value is -3.13. The molecule has 6 aromatic rings. The molecule has 51 heavy (non-hydrogen) atoms. The number of imidazole rings is 2. The minimum atomic E-state index is 0. The number of halogens is 3. The number of benzene rings is 2. The van der Waals surface area contributed by atoms with E-state index < -0.39 is 0 Å². The highest BCUT2D eigenvalue weighted by molar-refractivity contribution is 7.59. The van der Waals surface area contributed by atoms with E-state index in [-0.39, 0.29) is 49.6 Å². The van der Waals surface area contributed by atoms with E-state index in [9.17, 15) is 0 Å². The molecule has 4 heterocycles. The first-order valence-corrected chi connectivity index (χ1v) is 17.6. The van der Waals surface area contributed by atoms with E-state index in [1.807, 2.05) is 47.3 Å². The van der Waals surface area contributed by atoms with Crippen LogP contribution < -0.4 is 11.1 Å². The molecule has 15 heteroatoms. The van der Waals surface area contributed by atoms with Gasteiger partial charge in [-0.05, 0) is 126 Å². The smallest absolute Gasteiger partial charge is 0.224 e. The predicted molar refractivity (Wildman–Crippen MR) is 219 cm³/mol. The number of aromatic nitrogens is 8. The van der Waals surface area contributed by atoms with Crippen molar-refractivity contribution in [1.29, 1.82) is 0 Å². The molecule has 2 saturated carbocycles. The Kier molecular flexibility index (Phi) is 13.7. The summed E-state index contributed by atoms with van der Waals surface area (Å²) in [5.74, 6) is 0.781. The van der Waals surface area contributed by atoms with Crippen molar-refractivity contribution < 1.29 is 0 Å². The van der Waals surface area contributed by atoms with Gasteiger partial charge in [-0.15, -0.1) is 0 Å². The Morgan fingerprint density at radius 3 is 1.65 bits per heavy atom. The lowest BCUT2D eigenvalue weighted by Crippen LogP contribution is -2.10. The number of anilines is 1. The summed E-state index contributed by atoms with van der Waals surface area (Å²) in [6.07, 6.45) is 9.02. The third-order valence-electron chi connectivity index (χ3n) is 9.12. The average Bonchev–Trinajstić information content (AvgIpc) is 4.01. The Bertz CT molecular complexity index is 2100. The lowest BCUT2D eigenvalue weighted by Gasteiger charge is -2.17. The monoisotopic (exact) mass is 786 g/mol. The highest BCUT2D eigenvalue weighted by atomic mass is 35.5. The molecule has 0 saturated heterocycles. The topological polar surface area (TPSA) is 125 Å². The predicted octanol–water partition coefficient (Wildman–Crippen LogP) is 9.62. The molecule has 2 atom stereocenters. The molecule has 0 unspecified atom stereocenters. The van der Waals surface area contributed by atoms with Crippen LogP contribution in [0.4, 0.5) is 5.82 Å². The number of aryl methyl sites for hydroxylation is 2. The molecule has 0 spiro atoms. The zero-order valence-electron chi connectivity index (χ0n) is 29.5. The normalized spacial score (nSPS) is 14.7. The van der Waals surface area contributed by atoms with Gasteiger partial charge in [-0.25, -0.2) is 29.9 Å². The highest BCUT2D eigenvalue weighted by Crippen LogP contribution is 2.38. The molecule has 2 aliphatic rings. The first-order chi connectivity index (χ1) is 23.4. The third-order valence-corrected chi connectivity index (χ3v) is 9.83. The maximum atomic E-state index is 5.99. The van der Waals surface area contributed by atoms with Crippen LogP contribution in [-0.4, -0.2) is 39.0 Å². The van der Waals surface area contributed by atoms with Crippen LogP contribution in [0.3, 0.4) is 0 Å². The molecule has 0 radical (unpaired) electrons. The summed E-state index contributed by atoms with van der Waals surface area (Å²) in [7, 11) is 0. The molecule has 272 valence electrons. The van der Waals surface area contributed by atoms with E-state index >= 15 is 0 Å². The van der Waals surface area contributed by atoms with Gasteiger partial charge in [0.2, 0.25) is 10.6 Å². The third kappa shape index (κ3) is 9.65. The fourth-order valence-corrected chi connectivity index (χ4v) is 6.21. The SMILES string of the molecule is C[C@H](N)c1ccc2c(c1)ncn2C1CC1.Cc1nc(Cl)nc(Cl)c1C.Cc1nc(Cl)nc(N[C@@H](C)c2ccc3c(c2)ncn3C2CC2)c1C.S.S. The van der Waals surface area contributed by atoms with Gasteiger partial charge >= 0.3 is 0 Å². The molecule has 4 aromatic heterocycles. The Morgan fingerprint density at radius 2 is 1.16 bits per heavy atom. The lowest BCUT2D eigenvalue weighted by molar-refractivity contribution is 0.765. The fraction of sp³-hybridized carbons (Fsp3) is 0.389. The second-order valence-electron chi connectivity index (χ2n) is 13.0. The zero-order valence-corrected chi connectivity index (χ0v) is 33.8. The Balaban J connectivity index is 0.000000185. The van der Waals surface area contributed by atoms with Gasteiger partial charge in [0, 0.05) is 40.6 Å². The number of nitrogens with two attached hydrogens (primary N) is 1. The minimum absolute atomic E-state index is 0. The standard InChI is InChI=1S/C18H20ClN5.C12H15N3.C6H6Cl2N2.2H2S/c1-10-11(2)22-18(19)23-17(10)21-12(3)13-4-7-16-15(8-13)20-9-24(16)14-5-6-14;1-8(13)9-2-5-12-11(6-9)14-7-15(12)10-3-4-10;1-3-4(2)9-6(8)10-5(3)7;;/h4,7-9,12,14H,5-6H2,1-3H3,(H,21,22,23);2,5-8,10H,3-4,13H2,1H3;1-2H3;2*1H2/t12-;8-;;;/m00.../s1. The lowest BCUT2D eigenvalue weighted by atomic mass is 10.1. The molecular formula is C36H45Cl3N10S2. The second-order valence-corrected chi connectivity index (χ2v) is 14.0. The van der Waals surface area contributed by atoms with E-state index in [1.165, 1.54) is 42.3 Å². The van der Waals surface area contributed by atoms with Crippen LogP contribution >= 0.6 is 61.8 Å². The van der Waals surface area contributed by atoms with Crippen LogP contribution in [0.2, 0.25) is 15.7 Å². The van der Waals surface area contributed by atoms with Gasteiger partial charge in [0.15, 0.2) is 0 Å². The van der Waals surface area contributed by atoms with E-state index in [0.29, 0.717) is 17.2 Å². The van der Waals surface area contributed by atoms with Crippen molar-refractivity contribution in [3.05, 3.63) is 98.4 Å². The maximum Gasteiger partial charge on any atom is 0.224 e. The van der Waals surface area contributed by atoms with Gasteiger partial charge in [-0.2, -0.15) is 27.0 Å². The minimum Gasteiger partial charge on any atom is -0.363 e. The van der Waals surface area contributed by atoms with Crippen molar-refractivity contribution in [3.8, 4) is 0 Å². The Labute approximate surface area is 327 Å². The fourth-order valence-electron chi connectivity index (χ4n) is 5.52. The number of nitrogens with zero attached hydrogens (tertiary/aromatic N) is 8. The molecule has 8 rings (SSSR count). The first kappa shape index (κ1) is 40.6. The molecule has 3 N–H and O–H groups in total. The summed E-state index contributed by atoms with van der Waals surface area (Å²) in [6.45, 7) is 11.8. The van der Waals surface area contributed by atoms with Gasteiger partial charge in [-0.3, -0.25) is 0 Å². The summed E-state index contributed by atoms with van der Waals surface area (Å²) in [5.41, 5.74) is 16.4. The summed E-state index contributed by atoms with van der Waals surface area (Å²) in [4.78, 5) is 25.2. The molecule has 0 bridgehead atoms. The van der Waals surface area contributed by atoms with Crippen LogP contribution in [0.1, 0.15) is 97.3 Å². The number of hydrogen-bond donors (Lipinski definition) is 2. The van der Waals surface area contributed by atoms with Crippen molar-refractivity contribution in [2.24, 2.45) is 5.73 Å². The van der Waals surface area contributed by atoms with Gasteiger partial charge in [0.25, 0.3) is 0 Å². The summed E-state index contributed by atoms with van der Waals surface area (Å²) in [5, 5.41) is 4.34. The highest BCUT2D eigenvalue weighted by Gasteiger charge is 2.26. The zero-order chi connectivity index (χ0) is 35.0. The summed E-state index contributed by atoms with van der Waals surface area (Å²) in [6, 6.07) is 14.3. The van der Waals surface area contributed by atoms with Crippen LogP contribution in [0, 0.1) is 27.7 Å². The van der Waals surface area contributed by atoms with Gasteiger partial charge in [0.1, 0.15) is 11.0 Å². The van der Waals surface area contributed by atoms with Gasteiger partial charge in [-0.1, -0.05) is 23.7 Å². The molecule has 0 aliphatic heterocycles. The summed E-state index contributed by atoms with van der Waals surface area (Å²) >= 11 is 17.2. The second kappa shape index (κ2) is 17.1. The van der Waals surface area contributed by atoms with Gasteiger partial charge in [0.05, 0.1) is 40.8 Å². The number of rotatable bonds is 6. The van der Waals surface area contributed by atoms with Crippen molar-refractivity contribution in [2.75, 3.05) is 5.32 Å². The largest absolute Gasteiger partial charge is 0.363 e. The molecule has 10 nitrogen and oxygen atoms in total. The van der Waals surface area contributed by atoms with E-state index in [4.69, 9.17) is 40.5 Å². The molecular weight excluding hydrogens is 743 g/mol. The van der Waals surface area contributed by atoms with E-state index in [2.05, 4.69) is 87.7 Å². The first-order valence-electron chi connectivity index (χ1n) is 16.5. The number of hydrogen-bond acceptors (Lipinski definition) is 8. The average molecular weight is 788 g/mol. The van der Waals surface area contributed by atoms with Crippen LogP contribution in [0.15, 0.2) is 49.1 Å². The number of nitrogens with one attached hydrogen (secondary N) is 1. The quantitative estimate of drug-likeness (QED) is 0.126. The van der Waals surface area contributed by atoms with Crippen molar-refractivity contribution >= 4 is 89.7 Å². The van der Waals surface area contributed by atoms with Crippen LogP contribution in [0.25, 0.3) is 22.1 Å². The van der Waals surface area contributed by atoms with Crippen molar-refractivity contribution in [1.82, 2.24) is 39.0 Å². The molecule has 0 amide bonds. The molecule has 2 fully saturated rings. The molecule has 2 aromatic carbocycles. The summed E-state index contributed by atoms with van der Waals surface area (Å²) < 4.78 is 4.56. The van der Waals surface area contributed by atoms with E-state index in [0.717, 1.165) is 44.9 Å². The molecule has 2 aliphatic carbocycles. The van der Waals surface area contributed by atoms with Crippen molar-refractivity contribution in [2.45, 2.75) is 91.4 Å². The number of fused-ring (bicyclic) bond motifs is 2. The van der Waals surface area contributed by atoms with Crippen LogP contribution in [-0.2, 0) is 0 Å². The van der Waals surface area contributed by atoms with Crippen LogP contribution in [0.5, 0.6) is 0 Å². The Morgan fingerprint density at radius 1 is 0.686 bits per heavy atom. The van der Waals surface area contributed by atoms with Crippen molar-refractivity contribution in [3.63, 3.8) is 0 Å². The maximum absolute atomic E-state index is 5.99. The van der Waals surface area contributed by atoms with Gasteiger partial charge < -0.3 is 20.2 Å². The van der Waals surface area contributed by atoms with E-state index in [1.54, 1.807) is 0 Å².